The number of hydrogen-bond donors (Lipinski definition) is 3. The molecule has 1 aliphatic rings. The zero-order valence-electron chi connectivity index (χ0n) is 11.8. The summed E-state index contributed by atoms with van der Waals surface area (Å²) >= 11 is 0. The quantitative estimate of drug-likeness (QED) is 0.317. The van der Waals surface area contributed by atoms with Crippen molar-refractivity contribution in [2.75, 3.05) is 13.2 Å². The summed E-state index contributed by atoms with van der Waals surface area (Å²) in [4.78, 5) is 18.3. The van der Waals surface area contributed by atoms with Gasteiger partial charge in [-0.15, -0.1) is 0 Å². The lowest BCUT2D eigenvalue weighted by molar-refractivity contribution is 0.0632. The highest BCUT2D eigenvalue weighted by molar-refractivity contribution is 5.98. The molecule has 2 rings (SSSR count). The van der Waals surface area contributed by atoms with Crippen molar-refractivity contribution >= 4 is 11.7 Å². The second-order valence-corrected chi connectivity index (χ2v) is 5.08. The highest BCUT2D eigenvalue weighted by atomic mass is 16.4. The Kier molecular flexibility index (Phi) is 5.10. The Bertz CT molecular complexity index is 509. The molecule has 1 aromatic rings. The maximum Gasteiger partial charge on any atom is 0.272 e. The van der Waals surface area contributed by atoms with Crippen molar-refractivity contribution in [3.8, 4) is 0 Å². The molecule has 4 N–H and O–H groups in total. The van der Waals surface area contributed by atoms with Gasteiger partial charge in [-0.1, -0.05) is 18.0 Å². The fourth-order valence-corrected chi connectivity index (χ4v) is 2.65. The number of oxime groups is 1. The molecule has 1 amide bonds. The van der Waals surface area contributed by atoms with Gasteiger partial charge in [0.2, 0.25) is 0 Å². The summed E-state index contributed by atoms with van der Waals surface area (Å²) in [5.41, 5.74) is 6.20. The van der Waals surface area contributed by atoms with Crippen LogP contribution in [-0.2, 0) is 0 Å². The number of carbonyl (C=O) groups is 1. The lowest BCUT2D eigenvalue weighted by atomic mass is 10.1. The summed E-state index contributed by atoms with van der Waals surface area (Å²) < 4.78 is 0. The summed E-state index contributed by atoms with van der Waals surface area (Å²) in [7, 11) is 0. The lowest BCUT2D eigenvalue weighted by Gasteiger charge is -2.28. The summed E-state index contributed by atoms with van der Waals surface area (Å²) in [6, 6.07) is 3.31. The number of aromatic nitrogens is 1. The molecule has 1 aliphatic carbocycles. The van der Waals surface area contributed by atoms with Gasteiger partial charge in [-0.05, 0) is 25.0 Å². The second-order valence-electron chi connectivity index (χ2n) is 5.08. The molecule has 0 saturated heterocycles. The fraction of sp³-hybridized carbons (Fsp3) is 0.500. The van der Waals surface area contributed by atoms with Gasteiger partial charge in [0.05, 0.1) is 6.61 Å². The minimum Gasteiger partial charge on any atom is -0.409 e. The van der Waals surface area contributed by atoms with Crippen molar-refractivity contribution in [2.45, 2.75) is 31.7 Å². The average molecular weight is 292 g/mol. The molecule has 0 unspecified atom stereocenters. The SMILES string of the molecule is NC(=NO)c1ccc(C(=O)N(CCO)C2CCCC2)nc1. The number of amides is 1. The van der Waals surface area contributed by atoms with E-state index >= 15 is 0 Å². The van der Waals surface area contributed by atoms with E-state index < -0.39 is 0 Å². The monoisotopic (exact) mass is 292 g/mol. The van der Waals surface area contributed by atoms with E-state index in [9.17, 15) is 4.79 Å². The van der Waals surface area contributed by atoms with E-state index in [1.807, 2.05) is 0 Å². The molecule has 1 fully saturated rings. The summed E-state index contributed by atoms with van der Waals surface area (Å²) in [5, 5.41) is 20.7. The molecule has 0 aliphatic heterocycles. The van der Waals surface area contributed by atoms with E-state index in [2.05, 4.69) is 10.1 Å². The number of carbonyl (C=O) groups excluding carboxylic acids is 1. The van der Waals surface area contributed by atoms with Crippen LogP contribution in [0.4, 0.5) is 0 Å². The van der Waals surface area contributed by atoms with Crippen molar-refractivity contribution in [1.29, 1.82) is 0 Å². The highest BCUT2D eigenvalue weighted by Crippen LogP contribution is 2.24. The van der Waals surface area contributed by atoms with Crippen LogP contribution in [-0.4, -0.2) is 51.1 Å². The summed E-state index contributed by atoms with van der Waals surface area (Å²) in [6.07, 6.45) is 5.54. The maximum atomic E-state index is 12.5. The standard InChI is InChI=1S/C14H20N4O3/c15-13(17-21)10-5-6-12(16-9-10)14(20)18(7-8-19)11-3-1-2-4-11/h5-6,9,11,19,21H,1-4,7-8H2,(H2,15,17). The first-order valence-corrected chi connectivity index (χ1v) is 7.03. The molecule has 1 heterocycles. The van der Waals surface area contributed by atoms with Gasteiger partial charge in [0, 0.05) is 24.3 Å². The van der Waals surface area contributed by atoms with Crippen molar-refractivity contribution in [3.63, 3.8) is 0 Å². The number of nitrogens with two attached hydrogens (primary N) is 1. The Labute approximate surface area is 123 Å². The Balaban J connectivity index is 2.16. The zero-order valence-corrected chi connectivity index (χ0v) is 11.8. The van der Waals surface area contributed by atoms with Gasteiger partial charge in [0.25, 0.3) is 5.91 Å². The van der Waals surface area contributed by atoms with Gasteiger partial charge in [-0.25, -0.2) is 0 Å². The van der Waals surface area contributed by atoms with Crippen LogP contribution in [0.3, 0.4) is 0 Å². The first-order valence-electron chi connectivity index (χ1n) is 7.03. The molecule has 0 radical (unpaired) electrons. The Morgan fingerprint density at radius 1 is 1.43 bits per heavy atom. The van der Waals surface area contributed by atoms with E-state index in [1.54, 1.807) is 17.0 Å². The van der Waals surface area contributed by atoms with E-state index in [0.29, 0.717) is 17.8 Å². The van der Waals surface area contributed by atoms with Crippen LogP contribution in [0.2, 0.25) is 0 Å². The summed E-state index contributed by atoms with van der Waals surface area (Å²) in [6.45, 7) is 0.248. The van der Waals surface area contributed by atoms with Gasteiger partial charge in [0.15, 0.2) is 5.84 Å². The number of pyridine rings is 1. The van der Waals surface area contributed by atoms with Crippen LogP contribution >= 0.6 is 0 Å². The second kappa shape index (κ2) is 7.03. The van der Waals surface area contributed by atoms with Crippen LogP contribution in [0.25, 0.3) is 0 Å². The third-order valence-electron chi connectivity index (χ3n) is 3.75. The Hall–Kier alpha value is -2.15. The molecule has 0 bridgehead atoms. The van der Waals surface area contributed by atoms with Crippen molar-refractivity contribution < 1.29 is 15.1 Å². The maximum absolute atomic E-state index is 12.5. The minimum atomic E-state index is -0.193. The Morgan fingerprint density at radius 3 is 2.67 bits per heavy atom. The molecule has 7 heteroatoms. The predicted octanol–water partition coefficient (Wildman–Crippen LogP) is 0.553. The van der Waals surface area contributed by atoms with Gasteiger partial charge in [-0.3, -0.25) is 9.78 Å². The molecule has 7 nitrogen and oxygen atoms in total. The fourth-order valence-electron chi connectivity index (χ4n) is 2.65. The first-order chi connectivity index (χ1) is 10.2. The lowest BCUT2D eigenvalue weighted by Crippen LogP contribution is -2.41. The van der Waals surface area contributed by atoms with E-state index in [1.165, 1.54) is 6.20 Å². The molecule has 1 saturated carbocycles. The first kappa shape index (κ1) is 15.2. The van der Waals surface area contributed by atoms with Crippen LogP contribution < -0.4 is 5.73 Å². The van der Waals surface area contributed by atoms with E-state index in [0.717, 1.165) is 25.7 Å². The number of aliphatic hydroxyl groups is 1. The molecule has 21 heavy (non-hydrogen) atoms. The average Bonchev–Trinajstić information content (AvgIpc) is 3.05. The molecule has 0 spiro atoms. The Morgan fingerprint density at radius 2 is 2.14 bits per heavy atom. The topological polar surface area (TPSA) is 112 Å². The summed E-state index contributed by atoms with van der Waals surface area (Å²) in [5.74, 6) is -0.244. The smallest absolute Gasteiger partial charge is 0.272 e. The molecule has 1 aromatic heterocycles. The molecule has 0 aromatic carbocycles. The minimum absolute atomic E-state index is 0.0514. The van der Waals surface area contributed by atoms with Crippen LogP contribution in [0, 0.1) is 0 Å². The van der Waals surface area contributed by atoms with E-state index in [-0.39, 0.29) is 24.4 Å². The van der Waals surface area contributed by atoms with Crippen molar-refractivity contribution in [3.05, 3.63) is 29.6 Å². The van der Waals surface area contributed by atoms with Gasteiger partial charge >= 0.3 is 0 Å². The number of hydrogen-bond acceptors (Lipinski definition) is 5. The van der Waals surface area contributed by atoms with Gasteiger partial charge in [0.1, 0.15) is 5.69 Å². The van der Waals surface area contributed by atoms with Crippen molar-refractivity contribution in [1.82, 2.24) is 9.88 Å². The number of rotatable bonds is 5. The van der Waals surface area contributed by atoms with Crippen LogP contribution in [0.5, 0.6) is 0 Å². The molecule has 114 valence electrons. The third kappa shape index (κ3) is 3.49. The van der Waals surface area contributed by atoms with Crippen LogP contribution in [0.15, 0.2) is 23.5 Å². The predicted molar refractivity (Wildman–Crippen MR) is 77.1 cm³/mol. The normalized spacial score (nSPS) is 16.1. The molecule has 0 atom stereocenters. The zero-order chi connectivity index (χ0) is 15.2. The molecular weight excluding hydrogens is 272 g/mol. The largest absolute Gasteiger partial charge is 0.409 e. The van der Waals surface area contributed by atoms with Crippen molar-refractivity contribution in [2.24, 2.45) is 10.9 Å². The number of nitrogens with zero attached hydrogens (tertiary/aromatic N) is 3. The van der Waals surface area contributed by atoms with Gasteiger partial charge < -0.3 is 20.9 Å². The number of aliphatic hydroxyl groups excluding tert-OH is 1. The van der Waals surface area contributed by atoms with Gasteiger partial charge in [-0.2, -0.15) is 0 Å². The highest BCUT2D eigenvalue weighted by Gasteiger charge is 2.27. The van der Waals surface area contributed by atoms with Crippen LogP contribution in [0.1, 0.15) is 41.7 Å². The molecular formula is C14H20N4O3. The third-order valence-corrected chi connectivity index (χ3v) is 3.75. The number of amidine groups is 1. The van der Waals surface area contributed by atoms with E-state index in [4.69, 9.17) is 16.0 Å².